The molecule has 1 saturated heterocycles. The molecule has 1 fully saturated rings. The maximum absolute atomic E-state index is 2.57. The molecule has 0 spiro atoms. The summed E-state index contributed by atoms with van der Waals surface area (Å²) in [6, 6.07) is 0. The molecular weight excluding hydrogens is 236 g/mol. The topological polar surface area (TPSA) is 13.0 Å². The van der Waals surface area contributed by atoms with Crippen LogP contribution in [0.4, 0.5) is 0 Å². The molecule has 1 aliphatic rings. The van der Waals surface area contributed by atoms with Crippen molar-refractivity contribution in [2.24, 2.45) is 0 Å². The van der Waals surface area contributed by atoms with Crippen molar-refractivity contribution in [1.82, 2.24) is 19.6 Å². The minimum Gasteiger partial charge on any atom is -0.379 e. The highest BCUT2D eigenvalue weighted by molar-refractivity contribution is 4.98. The maximum atomic E-state index is 2.57. The molecule has 0 unspecified atom stereocenters. The second kappa shape index (κ2) is 8.56. The number of nitrogens with zero attached hydrogens (tertiary/aromatic N) is 4. The van der Waals surface area contributed by atoms with Crippen molar-refractivity contribution in [3.63, 3.8) is 0 Å². The van der Waals surface area contributed by atoms with Gasteiger partial charge >= 0.3 is 0 Å². The summed E-state index contributed by atoms with van der Waals surface area (Å²) in [5.41, 5.74) is 1.39. The van der Waals surface area contributed by atoms with Gasteiger partial charge in [0, 0.05) is 65.1 Å². The molecule has 19 heavy (non-hydrogen) atoms. The van der Waals surface area contributed by atoms with E-state index in [-0.39, 0.29) is 0 Å². The van der Waals surface area contributed by atoms with Gasteiger partial charge in [0.1, 0.15) is 0 Å². The summed E-state index contributed by atoms with van der Waals surface area (Å²) in [5.74, 6) is 0. The fourth-order valence-electron chi connectivity index (χ4n) is 2.20. The van der Waals surface area contributed by atoms with Crippen molar-refractivity contribution >= 4 is 0 Å². The number of allylic oxidation sites excluding steroid dienone is 1. The van der Waals surface area contributed by atoms with E-state index in [4.69, 9.17) is 0 Å². The van der Waals surface area contributed by atoms with Crippen molar-refractivity contribution in [2.75, 3.05) is 73.5 Å². The molecule has 0 radical (unpaired) electrons. The molecule has 0 bridgehead atoms. The zero-order chi connectivity index (χ0) is 14.3. The van der Waals surface area contributed by atoms with E-state index in [1.54, 1.807) is 0 Å². The van der Waals surface area contributed by atoms with Crippen LogP contribution in [0.1, 0.15) is 13.8 Å². The second-order valence-electron chi connectivity index (χ2n) is 5.81. The van der Waals surface area contributed by atoms with Crippen LogP contribution in [-0.2, 0) is 0 Å². The monoisotopic (exact) mass is 268 g/mol. The lowest BCUT2D eigenvalue weighted by Crippen LogP contribution is -2.48. The fourth-order valence-corrected chi connectivity index (χ4v) is 2.20. The first-order valence-corrected chi connectivity index (χ1v) is 7.50. The Hall–Kier alpha value is -0.580. The Bertz CT molecular complexity index is 267. The summed E-state index contributed by atoms with van der Waals surface area (Å²) < 4.78 is 0. The van der Waals surface area contributed by atoms with Gasteiger partial charge in [-0.15, -0.1) is 0 Å². The van der Waals surface area contributed by atoms with Crippen LogP contribution in [0.2, 0.25) is 0 Å². The molecule has 0 saturated carbocycles. The van der Waals surface area contributed by atoms with E-state index in [1.807, 2.05) is 0 Å². The summed E-state index contributed by atoms with van der Waals surface area (Å²) in [6.07, 6.45) is 2.36. The van der Waals surface area contributed by atoms with Crippen molar-refractivity contribution in [3.8, 4) is 0 Å². The van der Waals surface area contributed by atoms with Crippen LogP contribution in [-0.4, -0.2) is 93.1 Å². The Kier molecular flexibility index (Phi) is 7.42. The van der Waals surface area contributed by atoms with Gasteiger partial charge in [-0.3, -0.25) is 9.80 Å². The Balaban J connectivity index is 2.23. The fraction of sp³-hybridized carbons (Fsp3) is 0.867. The molecule has 0 atom stereocenters. The summed E-state index contributed by atoms with van der Waals surface area (Å²) >= 11 is 0. The molecule has 1 rings (SSSR count). The van der Waals surface area contributed by atoms with Crippen LogP contribution in [0.25, 0.3) is 0 Å². The Morgan fingerprint density at radius 1 is 1.05 bits per heavy atom. The average Bonchev–Trinajstić information content (AvgIpc) is 2.42. The van der Waals surface area contributed by atoms with E-state index in [1.165, 1.54) is 45.0 Å². The lowest BCUT2D eigenvalue weighted by atomic mass is 10.3. The van der Waals surface area contributed by atoms with Crippen molar-refractivity contribution in [3.05, 3.63) is 11.8 Å². The van der Waals surface area contributed by atoms with Crippen LogP contribution in [0, 0.1) is 0 Å². The van der Waals surface area contributed by atoms with E-state index in [2.05, 4.69) is 60.7 Å². The molecule has 0 aromatic rings. The average molecular weight is 268 g/mol. The van der Waals surface area contributed by atoms with Gasteiger partial charge in [0.2, 0.25) is 0 Å². The van der Waals surface area contributed by atoms with E-state index in [0.717, 1.165) is 13.1 Å². The van der Waals surface area contributed by atoms with Gasteiger partial charge in [-0.2, -0.15) is 0 Å². The van der Waals surface area contributed by atoms with Crippen molar-refractivity contribution < 1.29 is 0 Å². The first kappa shape index (κ1) is 16.5. The zero-order valence-electron chi connectivity index (χ0n) is 13.5. The van der Waals surface area contributed by atoms with Gasteiger partial charge in [-0.05, 0) is 27.9 Å². The smallest absolute Gasteiger partial charge is 0.0184 e. The molecule has 112 valence electrons. The summed E-state index contributed by atoms with van der Waals surface area (Å²) in [7, 11) is 6.45. The first-order valence-electron chi connectivity index (χ1n) is 7.50. The maximum Gasteiger partial charge on any atom is 0.0184 e. The standard InChI is InChI=1S/C15H32N4/c1-6-17(5)15(2)7-8-18-11-13-19(14-12-18)10-9-16(3)4/h7H,6,8-14H2,1-5H3/b15-7-. The van der Waals surface area contributed by atoms with Crippen LogP contribution < -0.4 is 0 Å². The third-order valence-electron chi connectivity index (χ3n) is 4.05. The number of likely N-dealkylation sites (N-methyl/N-ethyl adjacent to an activating group) is 1. The summed E-state index contributed by atoms with van der Waals surface area (Å²) in [6.45, 7) is 13.8. The first-order chi connectivity index (χ1) is 9.02. The predicted octanol–water partition coefficient (Wildman–Crippen LogP) is 1.02. The molecule has 0 amide bonds. The molecule has 0 aromatic heterocycles. The van der Waals surface area contributed by atoms with Crippen molar-refractivity contribution in [2.45, 2.75) is 13.8 Å². The third-order valence-corrected chi connectivity index (χ3v) is 4.05. The Labute approximate surface area is 119 Å². The lowest BCUT2D eigenvalue weighted by Gasteiger charge is -2.34. The van der Waals surface area contributed by atoms with E-state index in [0.29, 0.717) is 0 Å². The minimum atomic E-state index is 1.08. The highest BCUT2D eigenvalue weighted by atomic mass is 15.3. The highest BCUT2D eigenvalue weighted by Gasteiger charge is 2.15. The minimum absolute atomic E-state index is 1.08. The molecule has 1 aliphatic heterocycles. The van der Waals surface area contributed by atoms with Gasteiger partial charge in [-0.25, -0.2) is 0 Å². The molecule has 1 heterocycles. The van der Waals surface area contributed by atoms with E-state index < -0.39 is 0 Å². The SMILES string of the molecule is CCN(C)/C(C)=C\CN1CCN(CCN(C)C)CC1. The molecule has 0 aliphatic carbocycles. The van der Waals surface area contributed by atoms with Gasteiger partial charge < -0.3 is 9.80 Å². The molecular formula is C15H32N4. The largest absolute Gasteiger partial charge is 0.379 e. The van der Waals surface area contributed by atoms with Gasteiger partial charge in [-0.1, -0.05) is 6.08 Å². The van der Waals surface area contributed by atoms with Gasteiger partial charge in [0.05, 0.1) is 0 Å². The molecule has 4 heteroatoms. The van der Waals surface area contributed by atoms with E-state index in [9.17, 15) is 0 Å². The second-order valence-corrected chi connectivity index (χ2v) is 5.81. The third kappa shape index (κ3) is 6.41. The highest BCUT2D eigenvalue weighted by Crippen LogP contribution is 2.04. The van der Waals surface area contributed by atoms with Crippen molar-refractivity contribution in [1.29, 1.82) is 0 Å². The number of rotatable bonds is 7. The summed E-state index contributed by atoms with van der Waals surface area (Å²) in [4.78, 5) is 9.69. The van der Waals surface area contributed by atoms with Crippen LogP contribution in [0.15, 0.2) is 11.8 Å². The quantitative estimate of drug-likeness (QED) is 0.683. The Morgan fingerprint density at radius 3 is 2.16 bits per heavy atom. The normalized spacial score (nSPS) is 19.2. The van der Waals surface area contributed by atoms with Gasteiger partial charge in [0.15, 0.2) is 0 Å². The number of piperazine rings is 1. The number of hydrogen-bond donors (Lipinski definition) is 0. The van der Waals surface area contributed by atoms with Crippen LogP contribution in [0.5, 0.6) is 0 Å². The summed E-state index contributed by atoms with van der Waals surface area (Å²) in [5, 5.41) is 0. The van der Waals surface area contributed by atoms with Gasteiger partial charge in [0.25, 0.3) is 0 Å². The van der Waals surface area contributed by atoms with Crippen LogP contribution in [0.3, 0.4) is 0 Å². The lowest BCUT2D eigenvalue weighted by molar-refractivity contribution is 0.134. The molecule has 0 aromatic carbocycles. The molecule has 0 N–H and O–H groups in total. The zero-order valence-corrected chi connectivity index (χ0v) is 13.5. The number of hydrogen-bond acceptors (Lipinski definition) is 4. The predicted molar refractivity (Wildman–Crippen MR) is 83.5 cm³/mol. The van der Waals surface area contributed by atoms with E-state index >= 15 is 0 Å². The van der Waals surface area contributed by atoms with Crippen LogP contribution >= 0.6 is 0 Å². The molecule has 4 nitrogen and oxygen atoms in total. The Morgan fingerprint density at radius 2 is 1.63 bits per heavy atom.